The van der Waals surface area contributed by atoms with Crippen LogP contribution in [0.3, 0.4) is 0 Å². The second kappa shape index (κ2) is 6.05. The van der Waals surface area contributed by atoms with Gasteiger partial charge in [0, 0.05) is 11.8 Å². The molecule has 2 rings (SSSR count). The molecule has 0 aliphatic rings. The molecule has 0 bridgehead atoms. The highest BCUT2D eigenvalue weighted by Crippen LogP contribution is 2.32. The number of hydrogen-bond donors (Lipinski definition) is 0. The topological polar surface area (TPSA) is 48.4 Å². The molecule has 0 fully saturated rings. The van der Waals surface area contributed by atoms with E-state index in [-0.39, 0.29) is 17.0 Å². The Morgan fingerprint density at radius 3 is 2.45 bits per heavy atom. The van der Waals surface area contributed by atoms with Crippen molar-refractivity contribution in [1.29, 1.82) is 0 Å². The van der Waals surface area contributed by atoms with Gasteiger partial charge >= 0.3 is 12.1 Å². The summed E-state index contributed by atoms with van der Waals surface area (Å²) in [5.41, 5.74) is -0.0946. The molecule has 1 aromatic heterocycles. The molecular formula is C15H12F3NO3. The van der Waals surface area contributed by atoms with E-state index in [0.29, 0.717) is 5.56 Å². The lowest BCUT2D eigenvalue weighted by atomic mass is 10.0. The highest BCUT2D eigenvalue weighted by molar-refractivity contribution is 5.93. The van der Waals surface area contributed by atoms with Crippen LogP contribution in [-0.4, -0.2) is 25.2 Å². The van der Waals surface area contributed by atoms with E-state index in [1.54, 1.807) is 0 Å². The van der Waals surface area contributed by atoms with Gasteiger partial charge in [-0.05, 0) is 23.8 Å². The summed E-state index contributed by atoms with van der Waals surface area (Å²) >= 11 is 0. The fourth-order valence-corrected chi connectivity index (χ4v) is 1.90. The summed E-state index contributed by atoms with van der Waals surface area (Å²) in [5, 5.41) is 0. The van der Waals surface area contributed by atoms with Gasteiger partial charge in [-0.15, -0.1) is 0 Å². The quantitative estimate of drug-likeness (QED) is 0.813. The van der Waals surface area contributed by atoms with Crippen molar-refractivity contribution in [3.63, 3.8) is 0 Å². The molecule has 1 heterocycles. The van der Waals surface area contributed by atoms with Crippen LogP contribution in [0.1, 0.15) is 15.9 Å². The number of aromatic nitrogens is 1. The van der Waals surface area contributed by atoms with Crippen molar-refractivity contribution < 1.29 is 27.4 Å². The first kappa shape index (κ1) is 15.8. The largest absolute Gasteiger partial charge is 0.480 e. The summed E-state index contributed by atoms with van der Waals surface area (Å²) in [6, 6.07) is 6.14. The zero-order chi connectivity index (χ0) is 16.3. The second-order valence-electron chi connectivity index (χ2n) is 4.35. The van der Waals surface area contributed by atoms with Crippen LogP contribution >= 0.6 is 0 Å². The first-order valence-electron chi connectivity index (χ1n) is 6.17. The minimum Gasteiger partial charge on any atom is -0.480 e. The number of carbonyl (C=O) groups is 1. The van der Waals surface area contributed by atoms with Crippen LogP contribution in [0.2, 0.25) is 0 Å². The van der Waals surface area contributed by atoms with Gasteiger partial charge in [0.05, 0.1) is 19.8 Å². The normalized spacial score (nSPS) is 11.1. The number of benzene rings is 1. The molecule has 7 heteroatoms. The van der Waals surface area contributed by atoms with Crippen molar-refractivity contribution in [2.24, 2.45) is 0 Å². The standard InChI is InChI=1S/C15H12F3NO3/c1-21-13-12(14(20)22-2)7-10(8-19-13)9-4-3-5-11(6-9)15(16,17)18/h3-8H,1-2H3. The van der Waals surface area contributed by atoms with Crippen molar-refractivity contribution in [3.8, 4) is 17.0 Å². The molecule has 116 valence electrons. The van der Waals surface area contributed by atoms with Crippen molar-refractivity contribution >= 4 is 5.97 Å². The average Bonchev–Trinajstić information content (AvgIpc) is 2.52. The van der Waals surface area contributed by atoms with Crippen LogP contribution in [0.4, 0.5) is 13.2 Å². The van der Waals surface area contributed by atoms with E-state index in [0.717, 1.165) is 12.1 Å². The number of esters is 1. The molecule has 0 atom stereocenters. The molecule has 0 unspecified atom stereocenters. The van der Waals surface area contributed by atoms with E-state index in [2.05, 4.69) is 9.72 Å². The molecule has 4 nitrogen and oxygen atoms in total. The van der Waals surface area contributed by atoms with E-state index < -0.39 is 17.7 Å². The maximum atomic E-state index is 12.8. The molecule has 0 N–H and O–H groups in total. The molecular weight excluding hydrogens is 299 g/mol. The number of hydrogen-bond acceptors (Lipinski definition) is 4. The minimum atomic E-state index is -4.44. The third kappa shape index (κ3) is 3.19. The van der Waals surface area contributed by atoms with Gasteiger partial charge in [0.15, 0.2) is 0 Å². The second-order valence-corrected chi connectivity index (χ2v) is 4.35. The number of carbonyl (C=O) groups excluding carboxylic acids is 1. The van der Waals surface area contributed by atoms with E-state index in [1.807, 2.05) is 0 Å². The maximum absolute atomic E-state index is 12.8. The number of nitrogens with zero attached hydrogens (tertiary/aromatic N) is 1. The van der Waals surface area contributed by atoms with Gasteiger partial charge in [0.2, 0.25) is 5.88 Å². The van der Waals surface area contributed by atoms with Crippen LogP contribution in [0.25, 0.3) is 11.1 Å². The first-order chi connectivity index (χ1) is 10.4. The molecule has 0 saturated heterocycles. The van der Waals surface area contributed by atoms with E-state index in [1.165, 1.54) is 38.6 Å². The Hall–Kier alpha value is -2.57. The highest BCUT2D eigenvalue weighted by Gasteiger charge is 2.30. The Morgan fingerprint density at radius 1 is 1.14 bits per heavy atom. The molecule has 0 radical (unpaired) electrons. The lowest BCUT2D eigenvalue weighted by molar-refractivity contribution is -0.137. The third-order valence-electron chi connectivity index (χ3n) is 2.97. The average molecular weight is 311 g/mol. The Morgan fingerprint density at radius 2 is 1.86 bits per heavy atom. The number of alkyl halides is 3. The van der Waals surface area contributed by atoms with Crippen LogP contribution in [0, 0.1) is 0 Å². The summed E-state index contributed by atoms with van der Waals surface area (Å²) in [7, 11) is 2.53. The predicted molar refractivity (Wildman–Crippen MR) is 72.6 cm³/mol. The summed E-state index contributed by atoms with van der Waals surface area (Å²) in [4.78, 5) is 15.6. The SMILES string of the molecule is COC(=O)c1cc(-c2cccc(C(F)(F)F)c2)cnc1OC. The van der Waals surface area contributed by atoms with E-state index >= 15 is 0 Å². The number of rotatable bonds is 3. The first-order valence-corrected chi connectivity index (χ1v) is 6.17. The summed E-state index contributed by atoms with van der Waals surface area (Å²) in [5.74, 6) is -0.638. The van der Waals surface area contributed by atoms with E-state index in [9.17, 15) is 18.0 Å². The van der Waals surface area contributed by atoms with Crippen molar-refractivity contribution in [1.82, 2.24) is 4.98 Å². The highest BCUT2D eigenvalue weighted by atomic mass is 19.4. The number of ether oxygens (including phenoxy) is 2. The van der Waals surface area contributed by atoms with Crippen molar-refractivity contribution in [2.75, 3.05) is 14.2 Å². The predicted octanol–water partition coefficient (Wildman–Crippen LogP) is 3.56. The van der Waals surface area contributed by atoms with Gasteiger partial charge in [-0.1, -0.05) is 12.1 Å². The van der Waals surface area contributed by atoms with E-state index in [4.69, 9.17) is 4.74 Å². The Balaban J connectivity index is 2.52. The molecule has 0 aliphatic heterocycles. The van der Waals surface area contributed by atoms with Gasteiger partial charge in [0.1, 0.15) is 5.56 Å². The van der Waals surface area contributed by atoms with Crippen LogP contribution in [0.15, 0.2) is 36.5 Å². The lowest BCUT2D eigenvalue weighted by Gasteiger charge is -2.11. The van der Waals surface area contributed by atoms with Gasteiger partial charge in [-0.25, -0.2) is 9.78 Å². The maximum Gasteiger partial charge on any atom is 0.416 e. The Bertz CT molecular complexity index is 699. The Labute approximate surface area is 124 Å². The number of methoxy groups -OCH3 is 2. The fourth-order valence-electron chi connectivity index (χ4n) is 1.90. The zero-order valence-electron chi connectivity index (χ0n) is 11.8. The van der Waals surface area contributed by atoms with Gasteiger partial charge in [-0.2, -0.15) is 13.2 Å². The van der Waals surface area contributed by atoms with Crippen LogP contribution in [-0.2, 0) is 10.9 Å². The van der Waals surface area contributed by atoms with Gasteiger partial charge in [-0.3, -0.25) is 0 Å². The fraction of sp³-hybridized carbons (Fsp3) is 0.200. The third-order valence-corrected chi connectivity index (χ3v) is 2.97. The molecule has 1 aromatic carbocycles. The smallest absolute Gasteiger partial charge is 0.416 e. The van der Waals surface area contributed by atoms with Crippen LogP contribution < -0.4 is 4.74 Å². The number of pyridine rings is 1. The summed E-state index contributed by atoms with van der Waals surface area (Å²) in [6.07, 6.45) is -3.11. The molecule has 0 aliphatic carbocycles. The zero-order valence-corrected chi connectivity index (χ0v) is 11.8. The van der Waals surface area contributed by atoms with Gasteiger partial charge < -0.3 is 9.47 Å². The van der Waals surface area contributed by atoms with Crippen molar-refractivity contribution in [2.45, 2.75) is 6.18 Å². The monoisotopic (exact) mass is 311 g/mol. The minimum absolute atomic E-state index is 0.0416. The lowest BCUT2D eigenvalue weighted by Crippen LogP contribution is -2.06. The molecule has 22 heavy (non-hydrogen) atoms. The molecule has 0 saturated carbocycles. The number of halogens is 3. The summed E-state index contributed by atoms with van der Waals surface area (Å²) < 4.78 is 47.8. The van der Waals surface area contributed by atoms with Crippen LogP contribution in [0.5, 0.6) is 5.88 Å². The summed E-state index contributed by atoms with van der Waals surface area (Å²) in [6.45, 7) is 0. The Kier molecular flexibility index (Phi) is 4.35. The molecule has 0 amide bonds. The molecule has 0 spiro atoms. The van der Waals surface area contributed by atoms with Crippen molar-refractivity contribution in [3.05, 3.63) is 47.7 Å². The molecule has 2 aromatic rings. The van der Waals surface area contributed by atoms with Gasteiger partial charge in [0.25, 0.3) is 0 Å².